The fourth-order valence-corrected chi connectivity index (χ4v) is 2.32. The van der Waals surface area contributed by atoms with Gasteiger partial charge in [0.15, 0.2) is 0 Å². The van der Waals surface area contributed by atoms with Gasteiger partial charge < -0.3 is 25.9 Å². The molecule has 0 aliphatic heterocycles. The van der Waals surface area contributed by atoms with Crippen LogP contribution in [0.2, 0.25) is 0 Å². The highest BCUT2D eigenvalue weighted by Crippen LogP contribution is 2.08. The van der Waals surface area contributed by atoms with Crippen LogP contribution in [-0.4, -0.2) is 67.5 Å². The Bertz CT molecular complexity index is 565. The number of hydrogen-bond acceptors (Lipinski definition) is 7. The first-order valence-corrected chi connectivity index (χ1v) is 13.3. The Hall–Kier alpha value is -2.20. The maximum absolute atomic E-state index is 12.4. The molecule has 0 aliphatic carbocycles. The lowest BCUT2D eigenvalue weighted by Crippen LogP contribution is -2.51. The largest absolute Gasteiger partial charge is 0.444 e. The van der Waals surface area contributed by atoms with E-state index in [4.69, 9.17) is 10.5 Å². The van der Waals surface area contributed by atoms with Crippen LogP contribution in [0.1, 0.15) is 106 Å². The lowest BCUT2D eigenvalue weighted by Gasteiger charge is -2.23. The Labute approximate surface area is 219 Å². The van der Waals surface area contributed by atoms with Gasteiger partial charge in [-0.3, -0.25) is 15.0 Å². The summed E-state index contributed by atoms with van der Waals surface area (Å²) in [7, 11) is 1.77. The first-order valence-electron chi connectivity index (χ1n) is 13.3. The molecule has 0 saturated carbocycles. The summed E-state index contributed by atoms with van der Waals surface area (Å²) in [5.41, 5.74) is 7.51. The third kappa shape index (κ3) is 29.8. The number of alkyl carbamates (subject to hydrolysis) is 1. The number of nitrogens with zero attached hydrogens (tertiary/aromatic N) is 1. The minimum atomic E-state index is -0.781. The highest BCUT2D eigenvalue weighted by Gasteiger charge is 2.24. The van der Waals surface area contributed by atoms with Crippen molar-refractivity contribution in [1.82, 2.24) is 21.1 Å². The molecule has 0 heterocycles. The standard InChI is InChI=1S/C18H37N5O4.C4H8O.C4H10/c1-6-7-12-23(5)22-15(24)13-20-16(25)14(10-8-9-11-19)21-17(26)27-18(2,3)4;1-2-3-4-5;1-3-4-2/h14H,6-13,19H2,1-5H3,(H,20,25)(H,21,26)(H,22,24);4H,2-3H2,1H3;3-4H2,1-2H3/t14-;;/m0../s1. The Morgan fingerprint density at radius 2 is 1.58 bits per heavy atom. The number of hydrazine groups is 1. The second-order valence-corrected chi connectivity index (χ2v) is 9.47. The minimum absolute atomic E-state index is 0.168. The molecule has 0 bridgehead atoms. The van der Waals surface area contributed by atoms with E-state index >= 15 is 0 Å². The molecule has 10 heteroatoms. The molecule has 0 aromatic heterocycles. The Morgan fingerprint density at radius 1 is 0.972 bits per heavy atom. The number of carbonyl (C=O) groups excluding carboxylic acids is 4. The van der Waals surface area contributed by atoms with Crippen molar-refractivity contribution >= 4 is 24.2 Å². The van der Waals surface area contributed by atoms with Gasteiger partial charge in [0.1, 0.15) is 17.9 Å². The number of aldehydes is 1. The van der Waals surface area contributed by atoms with Gasteiger partial charge in [0, 0.05) is 20.0 Å². The lowest BCUT2D eigenvalue weighted by atomic mass is 10.1. The maximum Gasteiger partial charge on any atom is 0.408 e. The van der Waals surface area contributed by atoms with Gasteiger partial charge >= 0.3 is 6.09 Å². The zero-order valence-corrected chi connectivity index (χ0v) is 24.2. The summed E-state index contributed by atoms with van der Waals surface area (Å²) < 4.78 is 5.20. The van der Waals surface area contributed by atoms with Gasteiger partial charge in [-0.15, -0.1) is 0 Å². The Balaban J connectivity index is -0.00000103. The van der Waals surface area contributed by atoms with Gasteiger partial charge in [-0.25, -0.2) is 9.80 Å². The van der Waals surface area contributed by atoms with Crippen LogP contribution in [0.25, 0.3) is 0 Å². The number of hydrogen-bond donors (Lipinski definition) is 4. The summed E-state index contributed by atoms with van der Waals surface area (Å²) in [5, 5.41) is 6.82. The summed E-state index contributed by atoms with van der Waals surface area (Å²) in [5.74, 6) is -0.746. The monoisotopic (exact) mass is 517 g/mol. The number of ether oxygens (including phenoxy) is 1. The van der Waals surface area contributed by atoms with E-state index in [0.717, 1.165) is 38.5 Å². The highest BCUT2D eigenvalue weighted by molar-refractivity contribution is 5.89. The fourth-order valence-electron chi connectivity index (χ4n) is 2.32. The molecule has 0 aliphatic rings. The van der Waals surface area contributed by atoms with Crippen molar-refractivity contribution in [2.45, 2.75) is 118 Å². The van der Waals surface area contributed by atoms with Crippen molar-refractivity contribution in [3.8, 4) is 0 Å². The second kappa shape index (κ2) is 25.9. The number of rotatable bonds is 15. The fraction of sp³-hybridized carbons (Fsp3) is 0.846. The summed E-state index contributed by atoms with van der Waals surface area (Å²) >= 11 is 0. The summed E-state index contributed by atoms with van der Waals surface area (Å²) in [6.07, 6.45) is 8.41. The number of carbonyl (C=O) groups is 4. The van der Waals surface area contributed by atoms with Crippen molar-refractivity contribution in [3.05, 3.63) is 0 Å². The highest BCUT2D eigenvalue weighted by atomic mass is 16.6. The molecule has 214 valence electrons. The molecule has 3 amide bonds. The van der Waals surface area contributed by atoms with E-state index in [0.29, 0.717) is 25.8 Å². The van der Waals surface area contributed by atoms with E-state index < -0.39 is 23.6 Å². The summed E-state index contributed by atoms with van der Waals surface area (Å²) in [6.45, 7) is 14.7. The van der Waals surface area contributed by atoms with Crippen LogP contribution in [0.4, 0.5) is 4.79 Å². The molecule has 36 heavy (non-hydrogen) atoms. The van der Waals surface area contributed by atoms with Crippen molar-refractivity contribution in [2.75, 3.05) is 26.7 Å². The van der Waals surface area contributed by atoms with E-state index in [9.17, 15) is 19.2 Å². The molecule has 5 N–H and O–H groups in total. The molecular weight excluding hydrogens is 462 g/mol. The molecule has 0 spiro atoms. The molecule has 0 unspecified atom stereocenters. The number of nitrogens with one attached hydrogen (secondary N) is 3. The minimum Gasteiger partial charge on any atom is -0.444 e. The second-order valence-electron chi connectivity index (χ2n) is 9.47. The average molecular weight is 518 g/mol. The Morgan fingerprint density at radius 3 is 2.00 bits per heavy atom. The van der Waals surface area contributed by atoms with E-state index in [-0.39, 0.29) is 12.5 Å². The van der Waals surface area contributed by atoms with Crippen LogP contribution in [0.5, 0.6) is 0 Å². The van der Waals surface area contributed by atoms with E-state index in [1.807, 2.05) is 6.92 Å². The van der Waals surface area contributed by atoms with Crippen molar-refractivity contribution < 1.29 is 23.9 Å². The van der Waals surface area contributed by atoms with E-state index in [1.54, 1.807) is 32.8 Å². The van der Waals surface area contributed by atoms with E-state index in [2.05, 4.69) is 36.8 Å². The third-order valence-electron chi connectivity index (χ3n) is 4.45. The molecule has 10 nitrogen and oxygen atoms in total. The zero-order valence-electron chi connectivity index (χ0n) is 24.2. The van der Waals surface area contributed by atoms with Crippen LogP contribution in [0.15, 0.2) is 0 Å². The molecule has 1 atom stereocenters. The summed E-state index contributed by atoms with van der Waals surface area (Å²) in [4.78, 5) is 45.7. The van der Waals surface area contributed by atoms with Crippen LogP contribution in [0.3, 0.4) is 0 Å². The predicted octanol–water partition coefficient (Wildman–Crippen LogP) is 3.68. The third-order valence-corrected chi connectivity index (χ3v) is 4.45. The molecule has 0 radical (unpaired) electrons. The van der Waals surface area contributed by atoms with Gasteiger partial charge in [0.2, 0.25) is 5.91 Å². The van der Waals surface area contributed by atoms with E-state index in [1.165, 1.54) is 12.8 Å². The normalized spacial score (nSPS) is 11.2. The molecule has 0 rings (SSSR count). The first-order chi connectivity index (χ1) is 16.9. The van der Waals surface area contributed by atoms with Crippen molar-refractivity contribution in [3.63, 3.8) is 0 Å². The smallest absolute Gasteiger partial charge is 0.408 e. The van der Waals surface area contributed by atoms with Crippen molar-refractivity contribution in [2.24, 2.45) is 5.73 Å². The van der Waals surface area contributed by atoms with Gasteiger partial charge in [0.05, 0.1) is 6.54 Å². The van der Waals surface area contributed by atoms with Gasteiger partial charge in [-0.05, 0) is 59.4 Å². The van der Waals surface area contributed by atoms with Crippen LogP contribution in [-0.2, 0) is 19.1 Å². The van der Waals surface area contributed by atoms with Crippen molar-refractivity contribution in [1.29, 1.82) is 0 Å². The molecule has 0 aromatic carbocycles. The maximum atomic E-state index is 12.4. The molecular formula is C26H55N5O5. The topological polar surface area (TPSA) is 143 Å². The molecule has 0 fully saturated rings. The summed E-state index contributed by atoms with van der Waals surface area (Å²) in [6, 6.07) is -0.781. The van der Waals surface area contributed by atoms with Crippen LogP contribution in [0, 0.1) is 0 Å². The molecule has 0 saturated heterocycles. The van der Waals surface area contributed by atoms with Gasteiger partial charge in [-0.2, -0.15) is 0 Å². The SMILES string of the molecule is CCCC.CCCC=O.CCCCN(C)NC(=O)CNC(=O)[C@H](CCCCN)NC(=O)OC(C)(C)C. The molecule has 0 aromatic rings. The average Bonchev–Trinajstić information content (AvgIpc) is 2.80. The number of amides is 3. The van der Waals surface area contributed by atoms with Gasteiger partial charge in [0.25, 0.3) is 5.91 Å². The van der Waals surface area contributed by atoms with Gasteiger partial charge in [-0.1, -0.05) is 47.0 Å². The predicted molar refractivity (Wildman–Crippen MR) is 146 cm³/mol. The first kappa shape index (κ1) is 38.3. The quantitative estimate of drug-likeness (QED) is 0.147. The number of nitrogens with two attached hydrogens (primary N) is 1. The zero-order chi connectivity index (χ0) is 28.4. The van der Waals surface area contributed by atoms with Crippen LogP contribution < -0.4 is 21.8 Å². The van der Waals surface area contributed by atoms with Crippen LogP contribution >= 0.6 is 0 Å². The number of unbranched alkanes of at least 4 members (excludes halogenated alkanes) is 4. The lowest BCUT2D eigenvalue weighted by molar-refractivity contribution is -0.129. The Kier molecular flexibility index (Phi) is 27.6.